The highest BCUT2D eigenvalue weighted by Gasteiger charge is 2.05. The Hall–Kier alpha value is -2.76. The number of para-hydroxylation sites is 1. The monoisotopic (exact) mass is 304 g/mol. The molecule has 0 bridgehead atoms. The summed E-state index contributed by atoms with van der Waals surface area (Å²) in [5, 5.41) is 10.1. The molecule has 0 N–H and O–H groups in total. The zero-order chi connectivity index (χ0) is 15.4. The summed E-state index contributed by atoms with van der Waals surface area (Å²) in [6.07, 6.45) is 3.87. The third-order valence-corrected chi connectivity index (χ3v) is 3.63. The molecule has 0 saturated heterocycles. The molecule has 0 aliphatic carbocycles. The average Bonchev–Trinajstić information content (AvgIpc) is 3.02. The molecule has 0 atom stereocenters. The summed E-state index contributed by atoms with van der Waals surface area (Å²) in [4.78, 5) is 0. The van der Waals surface area contributed by atoms with E-state index >= 15 is 0 Å². The third kappa shape index (κ3) is 2.95. The van der Waals surface area contributed by atoms with E-state index in [1.165, 1.54) is 0 Å². The summed E-state index contributed by atoms with van der Waals surface area (Å²) in [6, 6.07) is 23.5. The van der Waals surface area contributed by atoms with Crippen LogP contribution in [0.25, 0.3) is 17.3 Å². The van der Waals surface area contributed by atoms with Crippen molar-refractivity contribution in [3.05, 3.63) is 89.2 Å². The molecule has 2 nitrogen and oxygen atoms in total. The predicted octanol–water partition coefficient (Wildman–Crippen LogP) is 5.19. The Morgan fingerprint density at radius 3 is 2.36 bits per heavy atom. The van der Waals surface area contributed by atoms with E-state index < -0.39 is 0 Å². The number of hydrogen-bond donors (Lipinski definition) is 0. The van der Waals surface area contributed by atoms with E-state index in [0.29, 0.717) is 10.6 Å². The SMILES string of the molecule is N#CC(=Cc1cccn1-c1ccccc1)c1ccc(Cl)cc1. The maximum absolute atomic E-state index is 9.45. The van der Waals surface area contributed by atoms with E-state index in [2.05, 4.69) is 6.07 Å². The first-order valence-corrected chi connectivity index (χ1v) is 7.26. The van der Waals surface area contributed by atoms with Crippen molar-refractivity contribution in [2.24, 2.45) is 0 Å². The van der Waals surface area contributed by atoms with Crippen LogP contribution in [0.4, 0.5) is 0 Å². The molecule has 0 spiro atoms. The standard InChI is InChI=1S/C19H13ClN2/c20-17-10-8-15(9-11-17)16(14-21)13-19-7-4-12-22(19)18-5-2-1-3-6-18/h1-13H. The Morgan fingerprint density at radius 2 is 1.68 bits per heavy atom. The first-order valence-electron chi connectivity index (χ1n) is 6.88. The maximum Gasteiger partial charge on any atom is 0.0998 e. The Kier molecular flexibility index (Phi) is 4.09. The predicted molar refractivity (Wildman–Crippen MR) is 90.7 cm³/mol. The minimum atomic E-state index is 0.604. The second-order valence-corrected chi connectivity index (χ2v) is 5.25. The van der Waals surface area contributed by atoms with Crippen LogP contribution < -0.4 is 0 Å². The van der Waals surface area contributed by atoms with Crippen LogP contribution >= 0.6 is 11.6 Å². The Balaban J connectivity index is 2.03. The summed E-state index contributed by atoms with van der Waals surface area (Å²) >= 11 is 5.90. The lowest BCUT2D eigenvalue weighted by Crippen LogP contribution is -1.94. The van der Waals surface area contributed by atoms with Gasteiger partial charge < -0.3 is 4.57 Å². The van der Waals surface area contributed by atoms with Crippen molar-refractivity contribution in [1.29, 1.82) is 5.26 Å². The van der Waals surface area contributed by atoms with Gasteiger partial charge in [-0.15, -0.1) is 0 Å². The summed E-state index contributed by atoms with van der Waals surface area (Å²) < 4.78 is 2.05. The number of benzene rings is 2. The molecule has 3 aromatic rings. The van der Waals surface area contributed by atoms with Crippen molar-refractivity contribution in [2.75, 3.05) is 0 Å². The van der Waals surface area contributed by atoms with E-state index in [0.717, 1.165) is 16.9 Å². The number of hydrogen-bond acceptors (Lipinski definition) is 1. The fourth-order valence-corrected chi connectivity index (χ4v) is 2.42. The smallest absolute Gasteiger partial charge is 0.0998 e. The van der Waals surface area contributed by atoms with Gasteiger partial charge >= 0.3 is 0 Å². The quantitative estimate of drug-likeness (QED) is 0.612. The van der Waals surface area contributed by atoms with Crippen molar-refractivity contribution < 1.29 is 0 Å². The van der Waals surface area contributed by atoms with Gasteiger partial charge in [0.25, 0.3) is 0 Å². The van der Waals surface area contributed by atoms with E-state index in [1.54, 1.807) is 12.1 Å². The van der Waals surface area contributed by atoms with Crippen LogP contribution in [-0.4, -0.2) is 4.57 Å². The first-order chi connectivity index (χ1) is 10.8. The molecule has 1 aromatic heterocycles. The van der Waals surface area contributed by atoms with Crippen LogP contribution in [0.5, 0.6) is 0 Å². The normalized spacial score (nSPS) is 11.2. The molecule has 0 unspecified atom stereocenters. The molecule has 1 heterocycles. The van der Waals surface area contributed by atoms with Crippen LogP contribution in [0, 0.1) is 11.3 Å². The molecule has 3 rings (SSSR count). The number of aromatic nitrogens is 1. The maximum atomic E-state index is 9.45. The highest BCUT2D eigenvalue weighted by molar-refractivity contribution is 6.30. The zero-order valence-corrected chi connectivity index (χ0v) is 12.5. The molecule has 3 heteroatoms. The molecule has 0 saturated carbocycles. The Morgan fingerprint density at radius 1 is 0.955 bits per heavy atom. The van der Waals surface area contributed by atoms with E-state index in [9.17, 15) is 5.26 Å². The lowest BCUT2D eigenvalue weighted by molar-refractivity contribution is 1.06. The fraction of sp³-hybridized carbons (Fsp3) is 0. The van der Waals surface area contributed by atoms with Crippen LogP contribution in [0.3, 0.4) is 0 Å². The fourth-order valence-electron chi connectivity index (χ4n) is 2.29. The Labute approximate surface area is 134 Å². The van der Waals surface area contributed by atoms with Crippen LogP contribution in [0.15, 0.2) is 72.9 Å². The first kappa shape index (κ1) is 14.2. The van der Waals surface area contributed by atoms with E-state index in [-0.39, 0.29) is 0 Å². The van der Waals surface area contributed by atoms with Gasteiger partial charge in [-0.3, -0.25) is 0 Å². The lowest BCUT2D eigenvalue weighted by Gasteiger charge is -2.07. The molecular weight excluding hydrogens is 292 g/mol. The highest BCUT2D eigenvalue weighted by Crippen LogP contribution is 2.21. The van der Waals surface area contributed by atoms with Crippen molar-refractivity contribution >= 4 is 23.3 Å². The van der Waals surface area contributed by atoms with Gasteiger partial charge in [-0.2, -0.15) is 5.26 Å². The second-order valence-electron chi connectivity index (χ2n) is 4.82. The van der Waals surface area contributed by atoms with Crippen molar-refractivity contribution in [3.8, 4) is 11.8 Å². The summed E-state index contributed by atoms with van der Waals surface area (Å²) in [5.74, 6) is 0. The van der Waals surface area contributed by atoms with Gasteiger partial charge in [-0.25, -0.2) is 0 Å². The number of allylic oxidation sites excluding steroid dienone is 1. The number of nitrogens with zero attached hydrogens (tertiary/aromatic N) is 2. The molecular formula is C19H13ClN2. The third-order valence-electron chi connectivity index (χ3n) is 3.38. The molecule has 2 aromatic carbocycles. The minimum absolute atomic E-state index is 0.604. The number of halogens is 1. The molecule has 106 valence electrons. The molecule has 0 radical (unpaired) electrons. The highest BCUT2D eigenvalue weighted by atomic mass is 35.5. The van der Waals surface area contributed by atoms with Gasteiger partial charge in [0.1, 0.15) is 0 Å². The topological polar surface area (TPSA) is 28.7 Å². The summed E-state index contributed by atoms with van der Waals surface area (Å²) in [6.45, 7) is 0. The number of nitriles is 1. The molecule has 0 aliphatic rings. The summed E-state index contributed by atoms with van der Waals surface area (Å²) in [7, 11) is 0. The van der Waals surface area contributed by atoms with Crippen molar-refractivity contribution in [2.45, 2.75) is 0 Å². The molecule has 0 fully saturated rings. The van der Waals surface area contributed by atoms with Gasteiger partial charge in [0, 0.05) is 22.6 Å². The lowest BCUT2D eigenvalue weighted by atomic mass is 10.1. The number of rotatable bonds is 3. The van der Waals surface area contributed by atoms with Crippen LogP contribution in [0.2, 0.25) is 5.02 Å². The van der Waals surface area contributed by atoms with Crippen LogP contribution in [-0.2, 0) is 0 Å². The second kappa shape index (κ2) is 6.34. The molecule has 22 heavy (non-hydrogen) atoms. The molecule has 0 amide bonds. The molecule has 0 aliphatic heterocycles. The average molecular weight is 305 g/mol. The summed E-state index contributed by atoms with van der Waals surface area (Å²) in [5.41, 5.74) is 3.48. The van der Waals surface area contributed by atoms with Gasteiger partial charge in [0.15, 0.2) is 0 Å². The Bertz CT molecular complexity index is 837. The van der Waals surface area contributed by atoms with E-state index in [4.69, 9.17) is 11.6 Å². The van der Waals surface area contributed by atoms with Crippen molar-refractivity contribution in [3.63, 3.8) is 0 Å². The zero-order valence-electron chi connectivity index (χ0n) is 11.8. The van der Waals surface area contributed by atoms with Gasteiger partial charge in [0.05, 0.1) is 11.6 Å². The van der Waals surface area contributed by atoms with E-state index in [1.807, 2.05) is 71.4 Å². The van der Waals surface area contributed by atoms with Gasteiger partial charge in [-0.1, -0.05) is 41.9 Å². The van der Waals surface area contributed by atoms with Gasteiger partial charge in [-0.05, 0) is 48.0 Å². The van der Waals surface area contributed by atoms with Crippen LogP contribution in [0.1, 0.15) is 11.3 Å². The van der Waals surface area contributed by atoms with Gasteiger partial charge in [0.2, 0.25) is 0 Å². The largest absolute Gasteiger partial charge is 0.317 e. The minimum Gasteiger partial charge on any atom is -0.317 e. The van der Waals surface area contributed by atoms with Crippen molar-refractivity contribution in [1.82, 2.24) is 4.57 Å².